The zero-order valence-corrected chi connectivity index (χ0v) is 11.6. The molecule has 1 fully saturated rings. The van der Waals surface area contributed by atoms with E-state index in [4.69, 9.17) is 15.0 Å². The Morgan fingerprint density at radius 2 is 2.42 bits per heavy atom. The average molecular weight is 269 g/mol. The number of rotatable bonds is 5. The highest BCUT2D eigenvalue weighted by molar-refractivity contribution is 5.05. The van der Waals surface area contributed by atoms with Crippen molar-refractivity contribution in [2.45, 2.75) is 50.7 Å². The van der Waals surface area contributed by atoms with Crippen LogP contribution >= 0.6 is 0 Å². The third-order valence-electron chi connectivity index (χ3n) is 3.92. The topological polar surface area (TPSA) is 94.4 Å². The van der Waals surface area contributed by atoms with Crippen LogP contribution in [-0.4, -0.2) is 28.9 Å². The number of ether oxygens (including phenoxy) is 1. The van der Waals surface area contributed by atoms with E-state index >= 15 is 0 Å². The zero-order valence-electron chi connectivity index (χ0n) is 11.6. The summed E-state index contributed by atoms with van der Waals surface area (Å²) in [6.45, 7) is 2.59. The lowest BCUT2D eigenvalue weighted by Crippen LogP contribution is -2.35. The van der Waals surface area contributed by atoms with Gasteiger partial charge in [0, 0.05) is 7.11 Å². The lowest BCUT2D eigenvalue weighted by molar-refractivity contribution is -0.0658. The molecule has 0 amide bonds. The predicted octanol–water partition coefficient (Wildman–Crippen LogP) is 1.50. The molecule has 6 nitrogen and oxygen atoms in total. The standard InChI is InChI=1S/C13H23N3O3/c1-9-4-3-6-13(8-9,18-2)12-15-11(19-16-12)10(17)5-7-14/h9-10,17H,3-8,14H2,1-2H3. The zero-order chi connectivity index (χ0) is 13.9. The first-order valence-corrected chi connectivity index (χ1v) is 6.88. The van der Waals surface area contributed by atoms with Crippen molar-refractivity contribution in [2.75, 3.05) is 13.7 Å². The minimum Gasteiger partial charge on any atom is -0.383 e. The SMILES string of the molecule is COC1(c2noc(C(O)CCN)n2)CCCC(C)C1. The number of hydrogen-bond acceptors (Lipinski definition) is 6. The molecule has 1 aromatic rings. The molecule has 3 N–H and O–H groups in total. The molecular formula is C13H23N3O3. The molecule has 0 bridgehead atoms. The maximum atomic E-state index is 9.82. The van der Waals surface area contributed by atoms with Gasteiger partial charge in [0.1, 0.15) is 11.7 Å². The third kappa shape index (κ3) is 2.96. The molecule has 1 aromatic heterocycles. The second kappa shape index (κ2) is 5.98. The minimum atomic E-state index is -0.791. The van der Waals surface area contributed by atoms with E-state index in [2.05, 4.69) is 17.1 Å². The molecule has 1 saturated carbocycles. The molecule has 0 aliphatic heterocycles. The summed E-state index contributed by atoms with van der Waals surface area (Å²) < 4.78 is 10.8. The molecule has 19 heavy (non-hydrogen) atoms. The van der Waals surface area contributed by atoms with Crippen LogP contribution in [0.5, 0.6) is 0 Å². The van der Waals surface area contributed by atoms with Gasteiger partial charge in [-0.1, -0.05) is 18.5 Å². The van der Waals surface area contributed by atoms with Gasteiger partial charge in [0.05, 0.1) is 0 Å². The number of aromatic nitrogens is 2. The van der Waals surface area contributed by atoms with Crippen molar-refractivity contribution in [3.8, 4) is 0 Å². The van der Waals surface area contributed by atoms with E-state index in [1.165, 1.54) is 6.42 Å². The first kappa shape index (κ1) is 14.4. The van der Waals surface area contributed by atoms with Gasteiger partial charge >= 0.3 is 0 Å². The first-order valence-electron chi connectivity index (χ1n) is 6.88. The van der Waals surface area contributed by atoms with Crippen LogP contribution < -0.4 is 5.73 Å². The van der Waals surface area contributed by atoms with Crippen LogP contribution in [0.25, 0.3) is 0 Å². The Labute approximate surface area is 113 Å². The van der Waals surface area contributed by atoms with Crippen LogP contribution in [-0.2, 0) is 10.3 Å². The molecule has 1 aliphatic carbocycles. The Bertz CT molecular complexity index is 410. The average Bonchev–Trinajstić information content (AvgIpc) is 2.89. The molecule has 6 heteroatoms. The molecule has 2 rings (SSSR count). The summed E-state index contributed by atoms with van der Waals surface area (Å²) >= 11 is 0. The quantitative estimate of drug-likeness (QED) is 0.841. The fraction of sp³-hybridized carbons (Fsp3) is 0.846. The van der Waals surface area contributed by atoms with E-state index in [-0.39, 0.29) is 5.89 Å². The molecule has 3 atom stereocenters. The summed E-state index contributed by atoms with van der Waals surface area (Å²) in [5, 5.41) is 13.8. The molecule has 0 spiro atoms. The highest BCUT2D eigenvalue weighted by atomic mass is 16.5. The number of hydrogen-bond donors (Lipinski definition) is 2. The highest BCUT2D eigenvalue weighted by Crippen LogP contribution is 2.41. The predicted molar refractivity (Wildman–Crippen MR) is 69.2 cm³/mol. The molecule has 3 unspecified atom stereocenters. The van der Waals surface area contributed by atoms with Crippen molar-refractivity contribution in [2.24, 2.45) is 11.7 Å². The molecule has 108 valence electrons. The lowest BCUT2D eigenvalue weighted by Gasteiger charge is -2.36. The smallest absolute Gasteiger partial charge is 0.255 e. The van der Waals surface area contributed by atoms with Crippen LogP contribution in [0.1, 0.15) is 56.8 Å². The van der Waals surface area contributed by atoms with Gasteiger partial charge in [-0.05, 0) is 38.1 Å². The van der Waals surface area contributed by atoms with E-state index in [1.807, 2.05) is 0 Å². The Morgan fingerprint density at radius 3 is 3.05 bits per heavy atom. The van der Waals surface area contributed by atoms with E-state index in [0.717, 1.165) is 19.3 Å². The molecule has 0 saturated heterocycles. The maximum Gasteiger partial charge on any atom is 0.255 e. The summed E-state index contributed by atoms with van der Waals surface area (Å²) in [5.74, 6) is 1.35. The van der Waals surface area contributed by atoms with Gasteiger partial charge in [-0.2, -0.15) is 4.98 Å². The van der Waals surface area contributed by atoms with Crippen LogP contribution in [0.15, 0.2) is 4.52 Å². The monoisotopic (exact) mass is 269 g/mol. The van der Waals surface area contributed by atoms with Crippen molar-refractivity contribution in [1.29, 1.82) is 0 Å². The van der Waals surface area contributed by atoms with Gasteiger partial charge < -0.3 is 20.1 Å². The molecule has 0 aromatic carbocycles. The Morgan fingerprint density at radius 1 is 1.63 bits per heavy atom. The largest absolute Gasteiger partial charge is 0.383 e. The van der Waals surface area contributed by atoms with Crippen LogP contribution in [0, 0.1) is 5.92 Å². The van der Waals surface area contributed by atoms with E-state index < -0.39 is 11.7 Å². The van der Waals surface area contributed by atoms with Gasteiger partial charge in [0.2, 0.25) is 5.82 Å². The second-order valence-electron chi connectivity index (χ2n) is 5.45. The number of aliphatic hydroxyl groups is 1. The second-order valence-corrected chi connectivity index (χ2v) is 5.45. The van der Waals surface area contributed by atoms with Crippen molar-refractivity contribution >= 4 is 0 Å². The van der Waals surface area contributed by atoms with Crippen LogP contribution in [0.4, 0.5) is 0 Å². The lowest BCUT2D eigenvalue weighted by atomic mass is 9.78. The first-order chi connectivity index (χ1) is 9.11. The molecule has 0 radical (unpaired) electrons. The van der Waals surface area contributed by atoms with E-state index in [9.17, 15) is 5.11 Å². The van der Waals surface area contributed by atoms with Crippen LogP contribution in [0.2, 0.25) is 0 Å². The van der Waals surface area contributed by atoms with E-state index in [1.54, 1.807) is 7.11 Å². The van der Waals surface area contributed by atoms with Crippen molar-refractivity contribution < 1.29 is 14.4 Å². The van der Waals surface area contributed by atoms with Crippen LogP contribution in [0.3, 0.4) is 0 Å². The Balaban J connectivity index is 2.19. The normalized spacial score (nSPS) is 29.4. The number of methoxy groups -OCH3 is 1. The summed E-state index contributed by atoms with van der Waals surface area (Å²) in [6.07, 6.45) is 3.68. The highest BCUT2D eigenvalue weighted by Gasteiger charge is 2.41. The van der Waals surface area contributed by atoms with Crippen molar-refractivity contribution in [3.05, 3.63) is 11.7 Å². The Kier molecular flexibility index (Phi) is 4.54. The fourth-order valence-electron chi connectivity index (χ4n) is 2.82. The van der Waals surface area contributed by atoms with Crippen molar-refractivity contribution in [3.63, 3.8) is 0 Å². The van der Waals surface area contributed by atoms with Gasteiger partial charge in [0.25, 0.3) is 5.89 Å². The third-order valence-corrected chi connectivity index (χ3v) is 3.92. The van der Waals surface area contributed by atoms with Gasteiger partial charge in [-0.25, -0.2) is 0 Å². The summed E-state index contributed by atoms with van der Waals surface area (Å²) in [4.78, 5) is 4.32. The fourth-order valence-corrected chi connectivity index (χ4v) is 2.82. The molecule has 1 heterocycles. The maximum absolute atomic E-state index is 9.82. The number of nitrogens with two attached hydrogens (primary N) is 1. The number of nitrogens with zero attached hydrogens (tertiary/aromatic N) is 2. The van der Waals surface area contributed by atoms with Crippen molar-refractivity contribution in [1.82, 2.24) is 10.1 Å². The molecular weight excluding hydrogens is 246 g/mol. The summed E-state index contributed by atoms with van der Waals surface area (Å²) in [5.41, 5.74) is 4.94. The Hall–Kier alpha value is -0.980. The molecule has 1 aliphatic rings. The van der Waals surface area contributed by atoms with Gasteiger partial charge in [0.15, 0.2) is 0 Å². The summed E-state index contributed by atoms with van der Waals surface area (Å²) in [7, 11) is 1.68. The number of aliphatic hydroxyl groups excluding tert-OH is 1. The van der Waals surface area contributed by atoms with Gasteiger partial charge in [-0.3, -0.25) is 0 Å². The minimum absolute atomic E-state index is 0.232. The summed E-state index contributed by atoms with van der Waals surface area (Å²) in [6, 6.07) is 0. The van der Waals surface area contributed by atoms with Gasteiger partial charge in [-0.15, -0.1) is 0 Å². The van der Waals surface area contributed by atoms with E-state index in [0.29, 0.717) is 24.7 Å².